The third-order valence-corrected chi connectivity index (χ3v) is 3.54. The van der Waals surface area contributed by atoms with Gasteiger partial charge in [-0.15, -0.1) is 0 Å². The summed E-state index contributed by atoms with van der Waals surface area (Å²) in [6.45, 7) is 3.36. The maximum Gasteiger partial charge on any atom is 0.0670 e. The van der Waals surface area contributed by atoms with E-state index in [4.69, 9.17) is 0 Å². The zero-order valence-electron chi connectivity index (χ0n) is 10.4. The lowest BCUT2D eigenvalue weighted by atomic mass is 9.82. The molecule has 1 saturated carbocycles. The van der Waals surface area contributed by atoms with Gasteiger partial charge < -0.3 is 5.32 Å². The van der Waals surface area contributed by atoms with E-state index in [0.717, 1.165) is 6.54 Å². The number of hydrogen-bond acceptors (Lipinski definition) is 2. The molecule has 1 aliphatic carbocycles. The number of aryl methyl sites for hydroxylation is 1. The molecule has 1 fully saturated rings. The Hall–Kier alpha value is -0.830. The molecule has 3 nitrogen and oxygen atoms in total. The van der Waals surface area contributed by atoms with E-state index in [-0.39, 0.29) is 0 Å². The molecule has 1 N–H and O–H groups in total. The van der Waals surface area contributed by atoms with Crippen LogP contribution in [0, 0.1) is 0 Å². The molecular weight excluding hydrogens is 198 g/mol. The van der Waals surface area contributed by atoms with Gasteiger partial charge in [0, 0.05) is 25.2 Å². The van der Waals surface area contributed by atoms with Crippen LogP contribution in [0.4, 0.5) is 0 Å². The fraction of sp³-hybridized carbons (Fsp3) is 0.769. The average molecular weight is 221 g/mol. The molecule has 0 saturated heterocycles. The maximum atomic E-state index is 4.57. The van der Waals surface area contributed by atoms with Crippen LogP contribution in [0.15, 0.2) is 12.3 Å². The minimum atomic E-state index is 0.626. The van der Waals surface area contributed by atoms with Gasteiger partial charge in [0.15, 0.2) is 0 Å². The predicted molar refractivity (Wildman–Crippen MR) is 66.5 cm³/mol. The first-order chi connectivity index (χ1) is 7.81. The van der Waals surface area contributed by atoms with Gasteiger partial charge in [-0.2, -0.15) is 5.10 Å². The molecule has 0 spiro atoms. The second-order valence-corrected chi connectivity index (χ2v) is 4.87. The van der Waals surface area contributed by atoms with E-state index in [1.807, 2.05) is 11.7 Å². The molecule has 1 heterocycles. The van der Waals surface area contributed by atoms with Crippen LogP contribution in [0.2, 0.25) is 0 Å². The van der Waals surface area contributed by atoms with Crippen LogP contribution < -0.4 is 5.32 Å². The normalized spacial score (nSPS) is 25.9. The Morgan fingerprint density at radius 1 is 1.44 bits per heavy atom. The number of rotatable bonds is 4. The van der Waals surface area contributed by atoms with Crippen molar-refractivity contribution in [1.82, 2.24) is 15.1 Å². The van der Waals surface area contributed by atoms with Gasteiger partial charge in [0.05, 0.1) is 5.69 Å². The van der Waals surface area contributed by atoms with Gasteiger partial charge in [0.25, 0.3) is 0 Å². The number of nitrogens with one attached hydrogen (secondary N) is 1. The van der Waals surface area contributed by atoms with Crippen molar-refractivity contribution in [1.29, 1.82) is 0 Å². The molecule has 0 aliphatic heterocycles. The van der Waals surface area contributed by atoms with Crippen LogP contribution in [0.25, 0.3) is 0 Å². The first-order valence-electron chi connectivity index (χ1n) is 6.54. The summed E-state index contributed by atoms with van der Waals surface area (Å²) in [6.07, 6.45) is 8.59. The standard InChI is InChI=1S/C13H23N3/c1-3-9-14-12-7-5-4-6-11(12)13-8-10-16(2)15-13/h8,10-12,14H,3-7,9H2,1-2H3. The molecule has 0 amide bonds. The molecule has 1 aliphatic rings. The largest absolute Gasteiger partial charge is 0.313 e. The summed E-state index contributed by atoms with van der Waals surface area (Å²) in [5.74, 6) is 0.626. The molecular formula is C13H23N3. The third kappa shape index (κ3) is 2.64. The predicted octanol–water partition coefficient (Wildman–Crippen LogP) is 2.45. The second-order valence-electron chi connectivity index (χ2n) is 4.87. The van der Waals surface area contributed by atoms with Gasteiger partial charge >= 0.3 is 0 Å². The van der Waals surface area contributed by atoms with E-state index in [0.29, 0.717) is 12.0 Å². The van der Waals surface area contributed by atoms with Crippen LogP contribution in [0.1, 0.15) is 50.6 Å². The Labute approximate surface area is 98.2 Å². The summed E-state index contributed by atoms with van der Waals surface area (Å²) < 4.78 is 1.92. The smallest absolute Gasteiger partial charge is 0.0670 e. The monoisotopic (exact) mass is 221 g/mol. The van der Waals surface area contributed by atoms with Crippen molar-refractivity contribution >= 4 is 0 Å². The van der Waals surface area contributed by atoms with Crippen LogP contribution in [-0.2, 0) is 7.05 Å². The quantitative estimate of drug-likeness (QED) is 0.846. The Balaban J connectivity index is 2.04. The van der Waals surface area contributed by atoms with Gasteiger partial charge in [0.2, 0.25) is 0 Å². The highest BCUT2D eigenvalue weighted by Crippen LogP contribution is 2.32. The molecule has 2 unspecified atom stereocenters. The minimum absolute atomic E-state index is 0.626. The van der Waals surface area contributed by atoms with Crippen molar-refractivity contribution in [3.8, 4) is 0 Å². The highest BCUT2D eigenvalue weighted by Gasteiger charge is 2.27. The lowest BCUT2D eigenvalue weighted by Gasteiger charge is -2.31. The lowest BCUT2D eigenvalue weighted by Crippen LogP contribution is -2.37. The summed E-state index contributed by atoms with van der Waals surface area (Å²) >= 11 is 0. The Kier molecular flexibility index (Phi) is 3.99. The number of hydrogen-bond donors (Lipinski definition) is 1. The van der Waals surface area contributed by atoms with Crippen LogP contribution >= 0.6 is 0 Å². The van der Waals surface area contributed by atoms with Gasteiger partial charge in [-0.3, -0.25) is 4.68 Å². The zero-order chi connectivity index (χ0) is 11.4. The van der Waals surface area contributed by atoms with Crippen molar-refractivity contribution in [3.05, 3.63) is 18.0 Å². The van der Waals surface area contributed by atoms with E-state index < -0.39 is 0 Å². The molecule has 16 heavy (non-hydrogen) atoms. The second kappa shape index (κ2) is 5.48. The van der Waals surface area contributed by atoms with Crippen molar-refractivity contribution in [3.63, 3.8) is 0 Å². The molecule has 2 atom stereocenters. The van der Waals surface area contributed by atoms with Crippen LogP contribution in [0.5, 0.6) is 0 Å². The van der Waals surface area contributed by atoms with Gasteiger partial charge in [0.1, 0.15) is 0 Å². The van der Waals surface area contributed by atoms with Crippen LogP contribution in [0.3, 0.4) is 0 Å². The third-order valence-electron chi connectivity index (χ3n) is 3.54. The highest BCUT2D eigenvalue weighted by atomic mass is 15.2. The first-order valence-corrected chi connectivity index (χ1v) is 6.54. The van der Waals surface area contributed by atoms with E-state index >= 15 is 0 Å². The SMILES string of the molecule is CCCNC1CCCCC1c1ccn(C)n1. The molecule has 0 radical (unpaired) electrons. The number of nitrogens with zero attached hydrogens (tertiary/aromatic N) is 2. The fourth-order valence-electron chi connectivity index (χ4n) is 2.69. The number of aromatic nitrogens is 2. The maximum absolute atomic E-state index is 4.57. The molecule has 90 valence electrons. The summed E-state index contributed by atoms with van der Waals surface area (Å²) in [6, 6.07) is 2.82. The minimum Gasteiger partial charge on any atom is -0.313 e. The van der Waals surface area contributed by atoms with Crippen molar-refractivity contribution < 1.29 is 0 Å². The zero-order valence-corrected chi connectivity index (χ0v) is 10.4. The van der Waals surface area contributed by atoms with E-state index in [1.54, 1.807) is 0 Å². The molecule has 3 heteroatoms. The van der Waals surface area contributed by atoms with E-state index in [1.165, 1.54) is 37.8 Å². The van der Waals surface area contributed by atoms with Crippen LogP contribution in [-0.4, -0.2) is 22.4 Å². The van der Waals surface area contributed by atoms with Gasteiger partial charge in [-0.1, -0.05) is 19.8 Å². The lowest BCUT2D eigenvalue weighted by molar-refractivity contribution is 0.322. The average Bonchev–Trinajstić information content (AvgIpc) is 2.73. The topological polar surface area (TPSA) is 29.9 Å². The molecule has 0 aromatic carbocycles. The summed E-state index contributed by atoms with van der Waals surface area (Å²) in [5.41, 5.74) is 1.27. The molecule has 2 rings (SSSR count). The molecule has 0 bridgehead atoms. The molecule has 1 aromatic rings. The van der Waals surface area contributed by atoms with Crippen molar-refractivity contribution in [2.45, 2.75) is 51.0 Å². The highest BCUT2D eigenvalue weighted by molar-refractivity contribution is 5.11. The summed E-state index contributed by atoms with van der Waals surface area (Å²) in [4.78, 5) is 0. The van der Waals surface area contributed by atoms with Crippen molar-refractivity contribution in [2.24, 2.45) is 7.05 Å². The Bertz CT molecular complexity index is 319. The summed E-state index contributed by atoms with van der Waals surface area (Å²) in [7, 11) is 2.00. The molecule has 1 aromatic heterocycles. The Morgan fingerprint density at radius 2 is 2.25 bits per heavy atom. The van der Waals surface area contributed by atoms with E-state index in [9.17, 15) is 0 Å². The van der Waals surface area contributed by atoms with Crippen molar-refractivity contribution in [2.75, 3.05) is 6.54 Å². The Morgan fingerprint density at radius 3 is 2.94 bits per heavy atom. The first kappa shape index (κ1) is 11.6. The van der Waals surface area contributed by atoms with E-state index in [2.05, 4.69) is 29.6 Å². The summed E-state index contributed by atoms with van der Waals surface area (Å²) in [5, 5.41) is 8.25. The van der Waals surface area contributed by atoms with Gasteiger partial charge in [-0.05, 0) is 31.9 Å². The van der Waals surface area contributed by atoms with Gasteiger partial charge in [-0.25, -0.2) is 0 Å². The fourth-order valence-corrected chi connectivity index (χ4v) is 2.69.